The zero-order valence-electron chi connectivity index (χ0n) is 13.7. The molecule has 0 aliphatic carbocycles. The van der Waals surface area contributed by atoms with E-state index in [0.717, 1.165) is 5.56 Å². The molecule has 8 heteroatoms. The number of benzene rings is 2. The lowest BCUT2D eigenvalue weighted by molar-refractivity contribution is 0.0937. The number of halogens is 1. The fourth-order valence-corrected chi connectivity index (χ4v) is 3.23. The Labute approximate surface area is 152 Å². The van der Waals surface area contributed by atoms with Gasteiger partial charge in [-0.3, -0.25) is 4.79 Å². The van der Waals surface area contributed by atoms with Crippen LogP contribution in [0.5, 0.6) is 0 Å². The van der Waals surface area contributed by atoms with E-state index in [2.05, 4.69) is 10.0 Å². The molecule has 0 atom stereocenters. The van der Waals surface area contributed by atoms with Crippen LogP contribution in [0.1, 0.15) is 15.9 Å². The molecule has 0 heterocycles. The lowest BCUT2D eigenvalue weighted by Gasteiger charge is -2.09. The van der Waals surface area contributed by atoms with E-state index < -0.39 is 10.0 Å². The number of amides is 1. The number of methoxy groups -OCH3 is 1. The van der Waals surface area contributed by atoms with Gasteiger partial charge in [-0.1, -0.05) is 29.8 Å². The highest BCUT2D eigenvalue weighted by Gasteiger charge is 2.16. The second kappa shape index (κ2) is 8.96. The van der Waals surface area contributed by atoms with Gasteiger partial charge in [0.15, 0.2) is 0 Å². The molecule has 2 aromatic carbocycles. The zero-order chi connectivity index (χ0) is 18.3. The van der Waals surface area contributed by atoms with Crippen molar-refractivity contribution in [3.8, 4) is 0 Å². The summed E-state index contributed by atoms with van der Waals surface area (Å²) in [4.78, 5) is 12.0. The van der Waals surface area contributed by atoms with Gasteiger partial charge in [-0.25, -0.2) is 13.1 Å². The highest BCUT2D eigenvalue weighted by atomic mass is 35.5. The first-order chi connectivity index (χ1) is 11.9. The van der Waals surface area contributed by atoms with Crippen LogP contribution in [0.2, 0.25) is 5.02 Å². The Morgan fingerprint density at radius 3 is 2.56 bits per heavy atom. The van der Waals surface area contributed by atoms with Gasteiger partial charge in [0.05, 0.1) is 11.5 Å². The van der Waals surface area contributed by atoms with E-state index >= 15 is 0 Å². The standard InChI is InChI=1S/C17H19ClN2O4S/c1-24-10-9-19-17(21)14-3-2-4-16(11-14)25(22,23)20-12-13-5-7-15(18)8-6-13/h2-8,11,20H,9-10,12H2,1H3,(H,19,21). The summed E-state index contributed by atoms with van der Waals surface area (Å²) in [7, 11) is -2.20. The number of carbonyl (C=O) groups excluding carboxylic acids is 1. The van der Waals surface area contributed by atoms with Gasteiger partial charge < -0.3 is 10.1 Å². The van der Waals surface area contributed by atoms with Gasteiger partial charge in [0, 0.05) is 30.8 Å². The molecule has 25 heavy (non-hydrogen) atoms. The van der Waals surface area contributed by atoms with Crippen LogP contribution in [0, 0.1) is 0 Å². The Morgan fingerprint density at radius 1 is 1.16 bits per heavy atom. The number of sulfonamides is 1. The Kier molecular flexibility index (Phi) is 6.95. The molecular weight excluding hydrogens is 364 g/mol. The van der Waals surface area contributed by atoms with Crippen molar-refractivity contribution >= 4 is 27.5 Å². The largest absolute Gasteiger partial charge is 0.383 e. The minimum absolute atomic E-state index is 0.0286. The third-order valence-electron chi connectivity index (χ3n) is 3.38. The smallest absolute Gasteiger partial charge is 0.251 e. The molecule has 1 amide bonds. The average Bonchev–Trinajstić information content (AvgIpc) is 2.61. The highest BCUT2D eigenvalue weighted by molar-refractivity contribution is 7.89. The Bertz CT molecular complexity index is 823. The fourth-order valence-electron chi connectivity index (χ4n) is 2.04. The Morgan fingerprint density at radius 2 is 1.88 bits per heavy atom. The molecule has 0 saturated heterocycles. The van der Waals surface area contributed by atoms with E-state index in [0.29, 0.717) is 18.2 Å². The molecule has 2 rings (SSSR count). The summed E-state index contributed by atoms with van der Waals surface area (Å²) in [6, 6.07) is 12.7. The molecule has 0 aliphatic rings. The van der Waals surface area contributed by atoms with Crippen LogP contribution in [0.25, 0.3) is 0 Å². The lowest BCUT2D eigenvalue weighted by atomic mass is 10.2. The molecule has 0 saturated carbocycles. The molecule has 0 spiro atoms. The second-order valence-electron chi connectivity index (χ2n) is 5.23. The van der Waals surface area contributed by atoms with Crippen LogP contribution in [0.3, 0.4) is 0 Å². The molecular formula is C17H19ClN2O4S. The third kappa shape index (κ3) is 5.82. The molecule has 0 unspecified atom stereocenters. The summed E-state index contributed by atoms with van der Waals surface area (Å²) in [6.07, 6.45) is 0. The van der Waals surface area contributed by atoms with Crippen molar-refractivity contribution in [2.75, 3.05) is 20.3 Å². The van der Waals surface area contributed by atoms with Crippen LogP contribution in [-0.2, 0) is 21.3 Å². The summed E-state index contributed by atoms with van der Waals surface area (Å²) in [5, 5.41) is 3.23. The van der Waals surface area contributed by atoms with Crippen molar-refractivity contribution in [2.45, 2.75) is 11.4 Å². The monoisotopic (exact) mass is 382 g/mol. The maximum Gasteiger partial charge on any atom is 0.251 e. The first-order valence-corrected chi connectivity index (χ1v) is 9.40. The maximum absolute atomic E-state index is 12.4. The summed E-state index contributed by atoms with van der Waals surface area (Å²) in [5.74, 6) is -0.355. The van der Waals surface area contributed by atoms with Crippen LogP contribution >= 0.6 is 11.6 Å². The van der Waals surface area contributed by atoms with E-state index in [1.165, 1.54) is 25.3 Å². The van der Waals surface area contributed by atoms with Crippen molar-refractivity contribution in [1.29, 1.82) is 0 Å². The van der Waals surface area contributed by atoms with Crippen LogP contribution in [0.4, 0.5) is 0 Å². The number of ether oxygens (including phenoxy) is 1. The van der Waals surface area contributed by atoms with Crippen LogP contribution < -0.4 is 10.0 Å². The van der Waals surface area contributed by atoms with Crippen LogP contribution in [-0.4, -0.2) is 34.6 Å². The number of hydrogen-bond donors (Lipinski definition) is 2. The van der Waals surface area contributed by atoms with Crippen molar-refractivity contribution in [3.63, 3.8) is 0 Å². The van der Waals surface area contributed by atoms with Gasteiger partial charge in [0.2, 0.25) is 10.0 Å². The molecule has 2 N–H and O–H groups in total. The Balaban J connectivity index is 2.07. The summed E-state index contributed by atoms with van der Waals surface area (Å²) in [5.41, 5.74) is 1.05. The second-order valence-corrected chi connectivity index (χ2v) is 7.43. The molecule has 134 valence electrons. The highest BCUT2D eigenvalue weighted by Crippen LogP contribution is 2.13. The van der Waals surface area contributed by atoms with E-state index in [1.54, 1.807) is 30.3 Å². The molecule has 0 bridgehead atoms. The quantitative estimate of drug-likeness (QED) is 0.685. The number of nitrogens with one attached hydrogen (secondary N) is 2. The van der Waals surface area contributed by atoms with Gasteiger partial charge in [-0.15, -0.1) is 0 Å². The molecule has 2 aromatic rings. The summed E-state index contributed by atoms with van der Waals surface area (Å²) < 4.78 is 32.2. The normalized spacial score (nSPS) is 11.3. The Hall–Kier alpha value is -1.93. The summed E-state index contributed by atoms with van der Waals surface area (Å²) in [6.45, 7) is 0.858. The predicted octanol–water partition coefficient (Wildman–Crippen LogP) is 2.19. The molecule has 6 nitrogen and oxygen atoms in total. The lowest BCUT2D eigenvalue weighted by Crippen LogP contribution is -2.27. The van der Waals surface area contributed by atoms with Crippen molar-refractivity contribution in [3.05, 3.63) is 64.7 Å². The average molecular weight is 383 g/mol. The molecule has 0 aromatic heterocycles. The first-order valence-electron chi connectivity index (χ1n) is 7.54. The van der Waals surface area contributed by atoms with Crippen molar-refractivity contribution in [2.24, 2.45) is 0 Å². The predicted molar refractivity (Wildman–Crippen MR) is 96.1 cm³/mol. The minimum Gasteiger partial charge on any atom is -0.383 e. The summed E-state index contributed by atoms with van der Waals surface area (Å²) >= 11 is 5.81. The van der Waals surface area contributed by atoms with E-state index in [1.807, 2.05) is 0 Å². The van der Waals surface area contributed by atoms with E-state index in [9.17, 15) is 13.2 Å². The SMILES string of the molecule is COCCNC(=O)c1cccc(S(=O)(=O)NCc2ccc(Cl)cc2)c1. The minimum atomic E-state index is -3.74. The number of carbonyl (C=O) groups is 1. The molecule has 0 radical (unpaired) electrons. The maximum atomic E-state index is 12.4. The van der Waals surface area contributed by atoms with E-state index in [-0.39, 0.29) is 22.9 Å². The molecule has 0 aliphatic heterocycles. The third-order valence-corrected chi connectivity index (χ3v) is 5.03. The van der Waals surface area contributed by atoms with Gasteiger partial charge in [0.25, 0.3) is 5.91 Å². The van der Waals surface area contributed by atoms with Crippen molar-refractivity contribution < 1.29 is 17.9 Å². The van der Waals surface area contributed by atoms with Gasteiger partial charge in [0.1, 0.15) is 0 Å². The van der Waals surface area contributed by atoms with Gasteiger partial charge >= 0.3 is 0 Å². The van der Waals surface area contributed by atoms with Gasteiger partial charge in [-0.05, 0) is 35.9 Å². The van der Waals surface area contributed by atoms with Crippen LogP contribution in [0.15, 0.2) is 53.4 Å². The topological polar surface area (TPSA) is 84.5 Å². The fraction of sp³-hybridized carbons (Fsp3) is 0.235. The zero-order valence-corrected chi connectivity index (χ0v) is 15.2. The first kappa shape index (κ1) is 19.4. The van der Waals surface area contributed by atoms with Crippen molar-refractivity contribution in [1.82, 2.24) is 10.0 Å². The molecule has 0 fully saturated rings. The number of rotatable bonds is 8. The van der Waals surface area contributed by atoms with E-state index in [4.69, 9.17) is 16.3 Å². The van der Waals surface area contributed by atoms with Gasteiger partial charge in [-0.2, -0.15) is 0 Å². The number of hydrogen-bond acceptors (Lipinski definition) is 4.